The van der Waals surface area contributed by atoms with Crippen molar-refractivity contribution in [2.24, 2.45) is 4.99 Å². The Kier molecular flexibility index (Phi) is 8.27. The Bertz CT molecular complexity index is 1580. The van der Waals surface area contributed by atoms with E-state index in [1.165, 1.54) is 17.0 Å². The summed E-state index contributed by atoms with van der Waals surface area (Å²) in [5, 5.41) is 12.5. The number of aromatic nitrogens is 1. The van der Waals surface area contributed by atoms with Crippen molar-refractivity contribution in [3.63, 3.8) is 0 Å². The molecule has 3 heterocycles. The van der Waals surface area contributed by atoms with Crippen LogP contribution in [0.15, 0.2) is 65.8 Å². The molecule has 0 aliphatic carbocycles. The Hall–Kier alpha value is -4.64. The number of ether oxygens (including phenoxy) is 1. The van der Waals surface area contributed by atoms with Gasteiger partial charge < -0.3 is 25.0 Å². The molecule has 0 radical (unpaired) electrons. The molecule has 3 amide bonds. The molecule has 43 heavy (non-hydrogen) atoms. The van der Waals surface area contributed by atoms with Crippen LogP contribution >= 0.6 is 11.6 Å². The number of aromatic amines is 1. The average Bonchev–Trinajstić information content (AvgIpc) is 3.60. The number of ketones is 1. The van der Waals surface area contributed by atoms with Crippen LogP contribution in [0.2, 0.25) is 5.02 Å². The summed E-state index contributed by atoms with van der Waals surface area (Å²) in [7, 11) is 0. The third-order valence-corrected chi connectivity index (χ3v) is 7.26. The third kappa shape index (κ3) is 6.56. The summed E-state index contributed by atoms with van der Waals surface area (Å²) >= 11 is 6.22. The monoisotopic (exact) mass is 605 g/mol. The van der Waals surface area contributed by atoms with Gasteiger partial charge in [0.2, 0.25) is 5.91 Å². The Morgan fingerprint density at radius 3 is 2.49 bits per heavy atom. The number of nitrogens with zero attached hydrogens (tertiary/aromatic N) is 3. The number of amidine groups is 1. The smallest absolute Gasteiger partial charge is 0.326 e. The zero-order valence-electron chi connectivity index (χ0n) is 24.0. The number of nitrogens with one attached hydrogen (secondary N) is 2. The standard InChI is InChI=1S/C31H32ClN5O6/c1-31(2,3)43-24-15-19(23(38)16-26(40)41)8-11-21(24)29-35-27(22-5-4-12-33-22)28(18-6-9-20(32)10-7-18)37(29)30(42)36-14-13-34-25(39)17-36/h4-12,15,27-28,33H,13-14,16-17H2,1-3H3,(H,34,39)(H,40,41)/t27-,28+/m0/s1. The molecule has 2 atom stereocenters. The van der Waals surface area contributed by atoms with E-state index in [0.717, 1.165) is 11.3 Å². The maximum Gasteiger partial charge on any atom is 0.326 e. The van der Waals surface area contributed by atoms with Crippen molar-refractivity contribution in [3.05, 3.63) is 88.2 Å². The number of piperazine rings is 1. The van der Waals surface area contributed by atoms with E-state index in [1.807, 2.05) is 45.0 Å². The topological polar surface area (TPSA) is 144 Å². The highest BCUT2D eigenvalue weighted by Crippen LogP contribution is 2.45. The summed E-state index contributed by atoms with van der Waals surface area (Å²) in [6.45, 7) is 6.03. The fourth-order valence-electron chi connectivity index (χ4n) is 5.19. The minimum Gasteiger partial charge on any atom is -0.487 e. The minimum atomic E-state index is -1.24. The van der Waals surface area contributed by atoms with E-state index in [2.05, 4.69) is 10.3 Å². The second-order valence-electron chi connectivity index (χ2n) is 11.4. The van der Waals surface area contributed by atoms with Crippen LogP contribution in [-0.4, -0.2) is 74.7 Å². The van der Waals surface area contributed by atoms with Gasteiger partial charge in [0.15, 0.2) is 5.78 Å². The summed E-state index contributed by atoms with van der Waals surface area (Å²) in [5.74, 6) is -1.54. The number of Topliss-reactive ketones (excluding diaryl/α,β-unsaturated/α-hetero) is 1. The molecule has 0 spiro atoms. The number of benzene rings is 2. The van der Waals surface area contributed by atoms with E-state index >= 15 is 0 Å². The van der Waals surface area contributed by atoms with E-state index in [1.54, 1.807) is 29.3 Å². The molecule has 3 aromatic rings. The lowest BCUT2D eigenvalue weighted by Crippen LogP contribution is -2.55. The Morgan fingerprint density at radius 2 is 1.86 bits per heavy atom. The number of aliphatic imine (C=N–C) groups is 1. The average molecular weight is 606 g/mol. The zero-order chi connectivity index (χ0) is 30.9. The molecule has 12 heteroatoms. The first kappa shape index (κ1) is 29.8. The molecular formula is C31H32ClN5O6. The first-order valence-corrected chi connectivity index (χ1v) is 14.2. The number of hydrogen-bond donors (Lipinski definition) is 3. The number of carboxylic acids is 1. The van der Waals surface area contributed by atoms with Crippen molar-refractivity contribution < 1.29 is 29.0 Å². The SMILES string of the molecule is CC(C)(C)Oc1cc(C(=O)CC(=O)O)ccc1C1=N[C@@H](c2ccc[nH]2)[C@@H](c2ccc(Cl)cc2)N1C(=O)N1CCNC(=O)C1. The van der Waals surface area contributed by atoms with Crippen LogP contribution in [0.25, 0.3) is 0 Å². The summed E-state index contributed by atoms with van der Waals surface area (Å²) < 4.78 is 6.29. The highest BCUT2D eigenvalue weighted by Gasteiger charge is 2.45. The van der Waals surface area contributed by atoms with E-state index in [4.69, 9.17) is 21.3 Å². The molecule has 5 rings (SSSR count). The lowest BCUT2D eigenvalue weighted by Gasteiger charge is -2.36. The fourth-order valence-corrected chi connectivity index (χ4v) is 5.32. The maximum atomic E-state index is 14.4. The minimum absolute atomic E-state index is 0.114. The first-order chi connectivity index (χ1) is 20.4. The van der Waals surface area contributed by atoms with Crippen molar-refractivity contribution in [1.82, 2.24) is 20.1 Å². The van der Waals surface area contributed by atoms with Gasteiger partial charge in [0.1, 0.15) is 36.2 Å². The molecule has 1 fully saturated rings. The van der Waals surface area contributed by atoms with E-state index in [-0.39, 0.29) is 29.6 Å². The molecular weight excluding hydrogens is 574 g/mol. The van der Waals surface area contributed by atoms with Crippen LogP contribution in [0.3, 0.4) is 0 Å². The van der Waals surface area contributed by atoms with Gasteiger partial charge in [-0.05, 0) is 62.7 Å². The zero-order valence-corrected chi connectivity index (χ0v) is 24.7. The molecule has 224 valence electrons. The molecule has 1 aromatic heterocycles. The van der Waals surface area contributed by atoms with Crippen molar-refractivity contribution in [1.29, 1.82) is 0 Å². The predicted octanol–water partition coefficient (Wildman–Crippen LogP) is 4.60. The molecule has 2 aliphatic heterocycles. The van der Waals surface area contributed by atoms with Crippen LogP contribution < -0.4 is 10.1 Å². The summed E-state index contributed by atoms with van der Waals surface area (Å²) in [6.07, 6.45) is 1.10. The van der Waals surface area contributed by atoms with E-state index in [9.17, 15) is 24.3 Å². The lowest BCUT2D eigenvalue weighted by atomic mass is 9.97. The van der Waals surface area contributed by atoms with E-state index < -0.39 is 41.9 Å². The van der Waals surface area contributed by atoms with Crippen molar-refractivity contribution >= 4 is 41.1 Å². The number of carbonyl (C=O) groups excluding carboxylic acids is 3. The highest BCUT2D eigenvalue weighted by molar-refractivity contribution is 6.30. The Labute approximate surface area is 253 Å². The van der Waals surface area contributed by atoms with Gasteiger partial charge in [0.25, 0.3) is 0 Å². The summed E-state index contributed by atoms with van der Waals surface area (Å²) in [6, 6.07) is 13.9. The number of urea groups is 1. The van der Waals surface area contributed by atoms with Crippen molar-refractivity contribution in [2.75, 3.05) is 19.6 Å². The van der Waals surface area contributed by atoms with Gasteiger partial charge in [-0.15, -0.1) is 0 Å². The summed E-state index contributed by atoms with van der Waals surface area (Å²) in [5.41, 5.74) is 1.41. The van der Waals surface area contributed by atoms with Crippen LogP contribution in [0.4, 0.5) is 4.79 Å². The number of amides is 3. The number of hydrogen-bond acceptors (Lipinski definition) is 6. The van der Waals surface area contributed by atoms with Crippen LogP contribution in [0, 0.1) is 0 Å². The normalized spacial score (nSPS) is 18.7. The Morgan fingerprint density at radius 1 is 1.12 bits per heavy atom. The molecule has 0 saturated carbocycles. The second kappa shape index (κ2) is 11.9. The summed E-state index contributed by atoms with van der Waals surface area (Å²) in [4.78, 5) is 62.0. The van der Waals surface area contributed by atoms with Crippen LogP contribution in [0.5, 0.6) is 5.75 Å². The number of aliphatic carboxylic acids is 1. The number of carboxylic acid groups (broad SMARTS) is 1. The molecule has 2 aliphatic rings. The molecule has 0 unspecified atom stereocenters. The number of rotatable bonds is 7. The largest absolute Gasteiger partial charge is 0.487 e. The second-order valence-corrected chi connectivity index (χ2v) is 11.8. The van der Waals surface area contributed by atoms with Gasteiger partial charge in [0, 0.05) is 35.6 Å². The molecule has 2 aromatic carbocycles. The lowest BCUT2D eigenvalue weighted by molar-refractivity contribution is -0.136. The molecule has 0 bridgehead atoms. The highest BCUT2D eigenvalue weighted by atomic mass is 35.5. The van der Waals surface area contributed by atoms with Crippen LogP contribution in [0.1, 0.15) is 66.5 Å². The van der Waals surface area contributed by atoms with E-state index in [0.29, 0.717) is 23.7 Å². The number of H-pyrrole nitrogens is 1. The fraction of sp³-hybridized carbons (Fsp3) is 0.323. The predicted molar refractivity (Wildman–Crippen MR) is 159 cm³/mol. The van der Waals surface area contributed by atoms with Gasteiger partial charge in [-0.2, -0.15) is 0 Å². The maximum absolute atomic E-state index is 14.4. The van der Waals surface area contributed by atoms with Gasteiger partial charge in [-0.25, -0.2) is 4.79 Å². The van der Waals surface area contributed by atoms with Gasteiger partial charge in [-0.3, -0.25) is 24.3 Å². The molecule has 1 saturated heterocycles. The molecule has 3 N–H and O–H groups in total. The van der Waals surface area contributed by atoms with Gasteiger partial charge in [-0.1, -0.05) is 29.8 Å². The van der Waals surface area contributed by atoms with Crippen molar-refractivity contribution in [3.8, 4) is 5.75 Å². The quantitative estimate of drug-likeness (QED) is 0.265. The molecule has 11 nitrogen and oxygen atoms in total. The van der Waals surface area contributed by atoms with Gasteiger partial charge >= 0.3 is 12.0 Å². The Balaban J connectivity index is 1.69. The van der Waals surface area contributed by atoms with Crippen molar-refractivity contribution in [2.45, 2.75) is 44.9 Å². The number of carbonyl (C=O) groups is 4. The number of halogens is 1. The van der Waals surface area contributed by atoms with Crippen LogP contribution in [-0.2, 0) is 9.59 Å². The third-order valence-electron chi connectivity index (χ3n) is 7.01. The van der Waals surface area contributed by atoms with Gasteiger partial charge in [0.05, 0.1) is 11.6 Å². The first-order valence-electron chi connectivity index (χ1n) is 13.8.